The van der Waals surface area contributed by atoms with Crippen LogP contribution < -0.4 is 5.32 Å². The zero-order valence-corrected chi connectivity index (χ0v) is 11.2. The maximum Gasteiger partial charge on any atom is 0.0734 e. The molecule has 0 atom stereocenters. The van der Waals surface area contributed by atoms with Crippen LogP contribution >= 0.6 is 0 Å². The zero-order chi connectivity index (χ0) is 12.6. The van der Waals surface area contributed by atoms with Crippen LogP contribution in [0.5, 0.6) is 0 Å². The number of nitrogens with zero attached hydrogens (tertiary/aromatic N) is 1. The highest BCUT2D eigenvalue weighted by atomic mass is 14.8. The predicted octanol–water partition coefficient (Wildman–Crippen LogP) is 3.56. The van der Waals surface area contributed by atoms with Crippen LogP contribution in [0.1, 0.15) is 31.7 Å². The van der Waals surface area contributed by atoms with Gasteiger partial charge in [0.2, 0.25) is 0 Å². The molecule has 0 fully saturated rings. The summed E-state index contributed by atoms with van der Waals surface area (Å²) in [7, 11) is 0. The number of hydrogen-bond donors (Lipinski definition) is 1. The van der Waals surface area contributed by atoms with Crippen molar-refractivity contribution in [3.63, 3.8) is 0 Å². The topological polar surface area (TPSA) is 24.9 Å². The largest absolute Gasteiger partial charge is 0.316 e. The number of nitrogens with one attached hydrogen (secondary N) is 1. The van der Waals surface area contributed by atoms with Crippen molar-refractivity contribution >= 4 is 10.9 Å². The van der Waals surface area contributed by atoms with Crippen molar-refractivity contribution in [3.8, 4) is 0 Å². The second kappa shape index (κ2) is 7.12. The molecule has 2 aromatic rings. The summed E-state index contributed by atoms with van der Waals surface area (Å²) in [6, 6.07) is 10.6. The van der Waals surface area contributed by atoms with Gasteiger partial charge in [-0.05, 0) is 37.6 Å². The van der Waals surface area contributed by atoms with E-state index in [-0.39, 0.29) is 0 Å². The standard InChI is InChI=1S/C16H22N2/c1-2-3-4-11-17-13-10-15-8-5-7-14-9-6-12-18-16(14)15/h5-9,12,17H,2-4,10-11,13H2,1H3. The van der Waals surface area contributed by atoms with Crippen LogP contribution in [-0.2, 0) is 6.42 Å². The van der Waals surface area contributed by atoms with Gasteiger partial charge in [-0.2, -0.15) is 0 Å². The summed E-state index contributed by atoms with van der Waals surface area (Å²) in [5.41, 5.74) is 2.49. The van der Waals surface area contributed by atoms with Crippen LogP contribution in [-0.4, -0.2) is 18.1 Å². The minimum atomic E-state index is 1.04. The number of hydrogen-bond acceptors (Lipinski definition) is 2. The molecular weight excluding hydrogens is 220 g/mol. The molecule has 1 heterocycles. The minimum absolute atomic E-state index is 1.04. The first-order valence-corrected chi connectivity index (χ1v) is 6.95. The summed E-state index contributed by atoms with van der Waals surface area (Å²) in [4.78, 5) is 4.48. The molecule has 0 aliphatic heterocycles. The summed E-state index contributed by atoms with van der Waals surface area (Å²) in [5, 5.41) is 4.74. The van der Waals surface area contributed by atoms with Crippen LogP contribution in [0, 0.1) is 0 Å². The lowest BCUT2D eigenvalue weighted by Gasteiger charge is -2.07. The molecule has 1 N–H and O–H groups in total. The smallest absolute Gasteiger partial charge is 0.0734 e. The molecule has 0 amide bonds. The molecule has 1 aromatic carbocycles. The van der Waals surface area contributed by atoms with Gasteiger partial charge < -0.3 is 5.32 Å². The van der Waals surface area contributed by atoms with E-state index in [4.69, 9.17) is 0 Å². The molecule has 2 nitrogen and oxygen atoms in total. The van der Waals surface area contributed by atoms with Gasteiger partial charge in [0.1, 0.15) is 0 Å². The Morgan fingerprint density at radius 3 is 2.83 bits per heavy atom. The van der Waals surface area contributed by atoms with Crippen LogP contribution in [0.2, 0.25) is 0 Å². The average molecular weight is 242 g/mol. The van der Waals surface area contributed by atoms with E-state index in [9.17, 15) is 0 Å². The van der Waals surface area contributed by atoms with E-state index in [0.29, 0.717) is 0 Å². The number of para-hydroxylation sites is 1. The Morgan fingerprint density at radius 1 is 1.06 bits per heavy atom. The fraction of sp³-hybridized carbons (Fsp3) is 0.438. The highest BCUT2D eigenvalue weighted by Crippen LogP contribution is 2.15. The Kier molecular flexibility index (Phi) is 5.15. The second-order valence-electron chi connectivity index (χ2n) is 4.70. The van der Waals surface area contributed by atoms with E-state index in [2.05, 4.69) is 41.5 Å². The first kappa shape index (κ1) is 13.0. The molecular formula is C16H22N2. The van der Waals surface area contributed by atoms with Crippen molar-refractivity contribution in [2.75, 3.05) is 13.1 Å². The van der Waals surface area contributed by atoms with Gasteiger partial charge in [-0.15, -0.1) is 0 Å². The monoisotopic (exact) mass is 242 g/mol. The van der Waals surface area contributed by atoms with Crippen molar-refractivity contribution in [3.05, 3.63) is 42.1 Å². The van der Waals surface area contributed by atoms with Gasteiger partial charge in [-0.25, -0.2) is 0 Å². The Hall–Kier alpha value is -1.41. The first-order valence-electron chi connectivity index (χ1n) is 6.95. The van der Waals surface area contributed by atoms with Gasteiger partial charge in [-0.3, -0.25) is 4.98 Å². The predicted molar refractivity (Wildman–Crippen MR) is 77.8 cm³/mol. The van der Waals surface area contributed by atoms with Gasteiger partial charge in [-0.1, -0.05) is 44.0 Å². The molecule has 0 saturated carbocycles. The summed E-state index contributed by atoms with van der Waals surface area (Å²) >= 11 is 0. The molecule has 0 spiro atoms. The fourth-order valence-electron chi connectivity index (χ4n) is 2.22. The van der Waals surface area contributed by atoms with Crippen LogP contribution in [0.25, 0.3) is 10.9 Å². The molecule has 0 aliphatic carbocycles. The number of benzene rings is 1. The molecule has 18 heavy (non-hydrogen) atoms. The fourth-order valence-corrected chi connectivity index (χ4v) is 2.22. The third-order valence-corrected chi connectivity index (χ3v) is 3.24. The van der Waals surface area contributed by atoms with E-state index in [0.717, 1.165) is 25.0 Å². The number of unbranched alkanes of at least 4 members (excludes halogenated alkanes) is 2. The van der Waals surface area contributed by atoms with Gasteiger partial charge in [0.25, 0.3) is 0 Å². The molecule has 0 saturated heterocycles. The van der Waals surface area contributed by atoms with Crippen LogP contribution in [0.3, 0.4) is 0 Å². The number of pyridine rings is 1. The van der Waals surface area contributed by atoms with E-state index >= 15 is 0 Å². The third-order valence-electron chi connectivity index (χ3n) is 3.24. The lowest BCUT2D eigenvalue weighted by atomic mass is 10.1. The quantitative estimate of drug-likeness (QED) is 0.751. The maximum absolute atomic E-state index is 4.48. The van der Waals surface area contributed by atoms with E-state index in [1.807, 2.05) is 12.3 Å². The highest BCUT2D eigenvalue weighted by Gasteiger charge is 2.00. The molecule has 0 unspecified atom stereocenters. The molecule has 2 rings (SSSR count). The maximum atomic E-state index is 4.48. The summed E-state index contributed by atoms with van der Waals surface area (Å²) in [6.07, 6.45) is 6.82. The molecule has 0 bridgehead atoms. The van der Waals surface area contributed by atoms with Crippen molar-refractivity contribution in [1.29, 1.82) is 0 Å². The highest BCUT2D eigenvalue weighted by molar-refractivity contribution is 5.81. The van der Waals surface area contributed by atoms with Gasteiger partial charge in [0, 0.05) is 11.6 Å². The van der Waals surface area contributed by atoms with E-state index < -0.39 is 0 Å². The van der Waals surface area contributed by atoms with Crippen molar-refractivity contribution in [2.24, 2.45) is 0 Å². The van der Waals surface area contributed by atoms with Gasteiger partial charge >= 0.3 is 0 Å². The van der Waals surface area contributed by atoms with Gasteiger partial charge in [0.15, 0.2) is 0 Å². The SMILES string of the molecule is CCCCCNCCc1cccc2cccnc12. The zero-order valence-electron chi connectivity index (χ0n) is 11.2. The minimum Gasteiger partial charge on any atom is -0.316 e. The number of fused-ring (bicyclic) bond motifs is 1. The molecule has 1 aromatic heterocycles. The summed E-state index contributed by atoms with van der Waals surface area (Å²) in [6.45, 7) is 4.41. The Morgan fingerprint density at radius 2 is 1.94 bits per heavy atom. The Balaban J connectivity index is 1.88. The lowest BCUT2D eigenvalue weighted by Crippen LogP contribution is -2.18. The Labute approximate surface area is 109 Å². The molecule has 0 radical (unpaired) electrons. The normalized spacial score (nSPS) is 10.9. The van der Waals surface area contributed by atoms with Crippen molar-refractivity contribution < 1.29 is 0 Å². The molecule has 96 valence electrons. The van der Waals surface area contributed by atoms with Crippen molar-refractivity contribution in [1.82, 2.24) is 10.3 Å². The number of aromatic nitrogens is 1. The van der Waals surface area contributed by atoms with E-state index in [1.165, 1.54) is 30.2 Å². The molecule has 0 aliphatic rings. The molecule has 2 heteroatoms. The van der Waals surface area contributed by atoms with Crippen LogP contribution in [0.4, 0.5) is 0 Å². The Bertz CT molecular complexity index is 474. The average Bonchev–Trinajstić information content (AvgIpc) is 2.43. The lowest BCUT2D eigenvalue weighted by molar-refractivity contribution is 0.617. The number of rotatable bonds is 7. The van der Waals surface area contributed by atoms with E-state index in [1.54, 1.807) is 0 Å². The van der Waals surface area contributed by atoms with Gasteiger partial charge in [0.05, 0.1) is 5.52 Å². The third kappa shape index (κ3) is 3.54. The van der Waals surface area contributed by atoms with Crippen molar-refractivity contribution in [2.45, 2.75) is 32.6 Å². The van der Waals surface area contributed by atoms with Crippen LogP contribution in [0.15, 0.2) is 36.5 Å². The summed E-state index contributed by atoms with van der Waals surface area (Å²) in [5.74, 6) is 0. The first-order chi connectivity index (χ1) is 8.92. The summed E-state index contributed by atoms with van der Waals surface area (Å²) < 4.78 is 0. The second-order valence-corrected chi connectivity index (χ2v) is 4.70.